The zero-order valence-corrected chi connectivity index (χ0v) is 12.4. The quantitative estimate of drug-likeness (QED) is 0.935. The van der Waals surface area contributed by atoms with Crippen molar-refractivity contribution >= 4 is 0 Å². The van der Waals surface area contributed by atoms with E-state index in [0.29, 0.717) is 19.3 Å². The fourth-order valence-electron chi connectivity index (χ4n) is 2.60. The monoisotopic (exact) mass is 284 g/mol. The third-order valence-corrected chi connectivity index (χ3v) is 3.98. The van der Waals surface area contributed by atoms with Crippen molar-refractivity contribution in [2.45, 2.75) is 32.5 Å². The molecule has 3 rings (SSSR count). The van der Waals surface area contributed by atoms with Crippen molar-refractivity contribution in [2.75, 3.05) is 6.54 Å². The Bertz CT molecular complexity index is 543. The second kappa shape index (κ2) is 6.85. The summed E-state index contributed by atoms with van der Waals surface area (Å²) in [6.45, 7) is 4.29. The topological polar surface area (TPSA) is 35.1 Å². The van der Waals surface area contributed by atoms with Crippen LogP contribution in [0.2, 0.25) is 0 Å². The van der Waals surface area contributed by atoms with Crippen LogP contribution < -0.4 is 5.32 Å². The average molecular weight is 284 g/mol. The number of hydrogen-bond acceptors (Lipinski definition) is 2. The summed E-state index contributed by atoms with van der Waals surface area (Å²) < 4.78 is 11.7. The van der Waals surface area contributed by atoms with Crippen LogP contribution in [0, 0.1) is 0 Å². The van der Waals surface area contributed by atoms with Gasteiger partial charge in [-0.1, -0.05) is 54.6 Å². The first-order chi connectivity index (χ1) is 10.3. The van der Waals surface area contributed by atoms with Crippen LogP contribution >= 0.6 is 0 Å². The van der Waals surface area contributed by atoms with Gasteiger partial charge < -0.3 is 14.8 Å². The van der Waals surface area contributed by atoms with E-state index in [9.17, 15) is 0 Å². The minimum atomic E-state index is -0.149. The summed E-state index contributed by atoms with van der Waals surface area (Å²) in [5.74, 6) is 0. The van der Waals surface area contributed by atoms with Gasteiger partial charge in [-0.3, -0.25) is 0 Å². The van der Waals surface area contributed by atoms with Crippen molar-refractivity contribution in [3.63, 3.8) is 0 Å². The first-order valence-corrected chi connectivity index (χ1v) is 7.51. The smallest absolute Gasteiger partial charge is 0.208 e. The highest BCUT2D eigenvalue weighted by molar-refractivity contribution is 5.26. The predicted octanol–water partition coefficient (Wildman–Crippen LogP) is 2.38. The Labute approximate surface area is 125 Å². The minimum absolute atomic E-state index is 0.149. The molecule has 1 aliphatic heterocycles. The molecule has 0 aliphatic carbocycles. The van der Waals surface area contributed by atoms with Crippen molar-refractivity contribution in [1.29, 1.82) is 0 Å². The summed E-state index contributed by atoms with van der Waals surface area (Å²) in [5.41, 5.74) is 3.79. The molecule has 3 heteroatoms. The fourth-order valence-corrected chi connectivity index (χ4v) is 2.60. The second-order valence-corrected chi connectivity index (χ2v) is 5.49. The highest BCUT2D eigenvalue weighted by Gasteiger charge is 2.19. The number of nitrogens with two attached hydrogens (primary N) is 1. The number of hydrogen-bond donors (Lipinski definition) is 1. The van der Waals surface area contributed by atoms with Crippen molar-refractivity contribution in [1.82, 2.24) is 0 Å². The van der Waals surface area contributed by atoms with Crippen LogP contribution in [0.3, 0.4) is 0 Å². The lowest BCUT2D eigenvalue weighted by molar-refractivity contribution is -0.704. The highest BCUT2D eigenvalue weighted by atomic mass is 16.7. The highest BCUT2D eigenvalue weighted by Crippen LogP contribution is 2.17. The average Bonchev–Trinajstić information content (AvgIpc) is 2.76. The van der Waals surface area contributed by atoms with E-state index >= 15 is 0 Å². The summed E-state index contributed by atoms with van der Waals surface area (Å²) in [7, 11) is 0. The molecule has 2 N–H and O–H groups in total. The molecular formula is C18H22NO2+. The van der Waals surface area contributed by atoms with E-state index in [-0.39, 0.29) is 6.29 Å². The molecule has 0 bridgehead atoms. The maximum Gasteiger partial charge on any atom is 0.208 e. The lowest BCUT2D eigenvalue weighted by Gasteiger charge is -2.17. The summed E-state index contributed by atoms with van der Waals surface area (Å²) in [5, 5.41) is 2.27. The normalized spacial score (nSPS) is 17.0. The Kier molecular flexibility index (Phi) is 4.65. The third-order valence-electron chi connectivity index (χ3n) is 3.98. The molecule has 2 aromatic carbocycles. The Morgan fingerprint density at radius 2 is 1.52 bits per heavy atom. The first kappa shape index (κ1) is 14.3. The van der Waals surface area contributed by atoms with E-state index in [4.69, 9.17) is 9.47 Å². The lowest BCUT2D eigenvalue weighted by atomic mass is 10.1. The van der Waals surface area contributed by atoms with Gasteiger partial charge in [0.2, 0.25) is 6.29 Å². The van der Waals surface area contributed by atoms with Crippen molar-refractivity contribution in [2.24, 2.45) is 0 Å². The van der Waals surface area contributed by atoms with Gasteiger partial charge in [-0.25, -0.2) is 0 Å². The number of ether oxygens (including phenoxy) is 2. The predicted molar refractivity (Wildman–Crippen MR) is 81.5 cm³/mol. The number of fused-ring (bicyclic) bond motifs is 1. The molecule has 1 aliphatic rings. The zero-order chi connectivity index (χ0) is 14.5. The van der Waals surface area contributed by atoms with Crippen molar-refractivity contribution in [3.8, 4) is 0 Å². The van der Waals surface area contributed by atoms with Gasteiger partial charge >= 0.3 is 0 Å². The Balaban J connectivity index is 1.53. The molecule has 3 nitrogen and oxygen atoms in total. The zero-order valence-electron chi connectivity index (χ0n) is 12.4. The molecule has 21 heavy (non-hydrogen) atoms. The lowest BCUT2D eigenvalue weighted by Crippen LogP contribution is -2.87. The van der Waals surface area contributed by atoms with Gasteiger partial charge in [0.05, 0.1) is 13.2 Å². The van der Waals surface area contributed by atoms with Crippen LogP contribution in [0.5, 0.6) is 0 Å². The van der Waals surface area contributed by atoms with Crippen molar-refractivity contribution < 1.29 is 14.8 Å². The first-order valence-electron chi connectivity index (χ1n) is 7.51. The van der Waals surface area contributed by atoms with Crippen molar-refractivity contribution in [3.05, 3.63) is 71.3 Å². The molecule has 0 radical (unpaired) electrons. The molecule has 2 aromatic rings. The molecular weight excluding hydrogens is 262 g/mol. The van der Waals surface area contributed by atoms with Gasteiger partial charge in [0.15, 0.2) is 0 Å². The van der Waals surface area contributed by atoms with Crippen LogP contribution in [0.4, 0.5) is 0 Å². The van der Waals surface area contributed by atoms with Crippen LogP contribution in [-0.2, 0) is 22.7 Å². The molecule has 110 valence electrons. The van der Waals surface area contributed by atoms with Crippen LogP contribution in [0.1, 0.15) is 29.7 Å². The number of quaternary nitrogens is 1. The van der Waals surface area contributed by atoms with Crippen LogP contribution in [-0.4, -0.2) is 12.8 Å². The van der Waals surface area contributed by atoms with Gasteiger partial charge in [0.25, 0.3) is 0 Å². The van der Waals surface area contributed by atoms with E-state index in [1.807, 2.05) is 18.2 Å². The molecule has 0 saturated heterocycles. The molecule has 0 saturated carbocycles. The third kappa shape index (κ3) is 3.70. The molecule has 1 atom stereocenters. The molecule has 1 heterocycles. The summed E-state index contributed by atoms with van der Waals surface area (Å²) in [4.78, 5) is 0. The van der Waals surface area contributed by atoms with Crippen LogP contribution in [0.15, 0.2) is 54.6 Å². The van der Waals surface area contributed by atoms with Gasteiger partial charge in [0, 0.05) is 5.56 Å². The van der Waals surface area contributed by atoms with Crippen LogP contribution in [0.25, 0.3) is 0 Å². The van der Waals surface area contributed by atoms with Gasteiger partial charge in [-0.2, -0.15) is 0 Å². The summed E-state index contributed by atoms with van der Waals surface area (Å²) in [6.07, 6.45) is -0.149. The fraction of sp³-hybridized carbons (Fsp3) is 0.333. The molecule has 0 amide bonds. The molecule has 0 spiro atoms. The van der Waals surface area contributed by atoms with Gasteiger partial charge in [-0.15, -0.1) is 0 Å². The van der Waals surface area contributed by atoms with Gasteiger partial charge in [-0.05, 0) is 18.1 Å². The molecule has 0 fully saturated rings. The van der Waals surface area contributed by atoms with E-state index < -0.39 is 0 Å². The summed E-state index contributed by atoms with van der Waals surface area (Å²) >= 11 is 0. The standard InChI is InChI=1S/C18H21NO2/c1-14(15-7-3-2-4-8-15)19-11-18-20-12-16-9-5-6-10-17(16)13-21-18/h2-10,14,18-19H,11-13H2,1H3/p+1/t14-/m1/s1. The van der Waals surface area contributed by atoms with E-state index in [1.54, 1.807) is 0 Å². The maximum absolute atomic E-state index is 5.86. The largest absolute Gasteiger partial charge is 0.343 e. The number of rotatable bonds is 4. The molecule has 0 unspecified atom stereocenters. The Hall–Kier alpha value is -1.68. The van der Waals surface area contributed by atoms with E-state index in [0.717, 1.165) is 6.54 Å². The van der Waals surface area contributed by atoms with Gasteiger partial charge in [0.1, 0.15) is 12.6 Å². The summed E-state index contributed by atoms with van der Waals surface area (Å²) in [6, 6.07) is 19.2. The van der Waals surface area contributed by atoms with E-state index in [1.165, 1.54) is 16.7 Å². The number of benzene rings is 2. The molecule has 0 aromatic heterocycles. The second-order valence-electron chi connectivity index (χ2n) is 5.49. The SMILES string of the molecule is C[C@@H]([NH2+]CC1OCc2ccccc2CO1)c1ccccc1. The Morgan fingerprint density at radius 1 is 0.952 bits per heavy atom. The van der Waals surface area contributed by atoms with E-state index in [2.05, 4.69) is 48.6 Å². The Morgan fingerprint density at radius 3 is 2.14 bits per heavy atom. The maximum atomic E-state index is 5.86. The minimum Gasteiger partial charge on any atom is -0.343 e.